The number of piperazine rings is 1. The summed E-state index contributed by atoms with van der Waals surface area (Å²) in [5, 5.41) is 3.05. The van der Waals surface area contributed by atoms with Crippen LogP contribution in [0.4, 0.5) is 0 Å². The zero-order chi connectivity index (χ0) is 16.1. The fraction of sp³-hybridized carbons (Fsp3) is 0.647. The Balaban J connectivity index is 1.34. The van der Waals surface area contributed by atoms with E-state index in [0.717, 1.165) is 32.5 Å². The SMILES string of the molecule is O=C(NCCN1CCN(C(=O)c2ccco2)CC1)C1CCCC1. The van der Waals surface area contributed by atoms with E-state index < -0.39 is 0 Å². The van der Waals surface area contributed by atoms with Gasteiger partial charge in [0.15, 0.2) is 5.76 Å². The Labute approximate surface area is 136 Å². The quantitative estimate of drug-likeness (QED) is 0.889. The smallest absolute Gasteiger partial charge is 0.289 e. The molecule has 2 aliphatic rings. The van der Waals surface area contributed by atoms with Gasteiger partial charge < -0.3 is 14.6 Å². The van der Waals surface area contributed by atoms with Crippen molar-refractivity contribution in [1.29, 1.82) is 0 Å². The molecule has 0 bridgehead atoms. The van der Waals surface area contributed by atoms with Crippen LogP contribution < -0.4 is 5.32 Å². The van der Waals surface area contributed by atoms with Crippen LogP contribution in [-0.2, 0) is 4.79 Å². The highest BCUT2D eigenvalue weighted by Crippen LogP contribution is 2.24. The summed E-state index contributed by atoms with van der Waals surface area (Å²) < 4.78 is 5.16. The normalized spacial score (nSPS) is 19.9. The molecule has 1 aromatic heterocycles. The van der Waals surface area contributed by atoms with Crippen molar-refractivity contribution < 1.29 is 14.0 Å². The summed E-state index contributed by atoms with van der Waals surface area (Å²) in [5.74, 6) is 0.818. The summed E-state index contributed by atoms with van der Waals surface area (Å²) in [7, 11) is 0. The third-order valence-electron chi connectivity index (χ3n) is 4.84. The van der Waals surface area contributed by atoms with Gasteiger partial charge in [0.2, 0.25) is 5.91 Å². The van der Waals surface area contributed by atoms with Crippen molar-refractivity contribution in [3.05, 3.63) is 24.2 Å². The van der Waals surface area contributed by atoms with Gasteiger partial charge in [-0.15, -0.1) is 0 Å². The maximum absolute atomic E-state index is 12.2. The van der Waals surface area contributed by atoms with Gasteiger partial charge in [-0.05, 0) is 25.0 Å². The summed E-state index contributed by atoms with van der Waals surface area (Å²) in [4.78, 5) is 28.3. The molecule has 0 radical (unpaired) electrons. The Morgan fingerprint density at radius 1 is 1.17 bits per heavy atom. The molecule has 0 unspecified atom stereocenters. The highest BCUT2D eigenvalue weighted by molar-refractivity contribution is 5.91. The summed E-state index contributed by atoms with van der Waals surface area (Å²) in [5.41, 5.74) is 0. The van der Waals surface area contributed by atoms with Gasteiger partial charge in [-0.3, -0.25) is 14.5 Å². The van der Waals surface area contributed by atoms with Gasteiger partial charge in [0, 0.05) is 45.2 Å². The second-order valence-electron chi connectivity index (χ2n) is 6.38. The molecule has 1 aliphatic carbocycles. The van der Waals surface area contributed by atoms with E-state index in [0.29, 0.717) is 25.4 Å². The number of nitrogens with one attached hydrogen (secondary N) is 1. The third-order valence-corrected chi connectivity index (χ3v) is 4.84. The maximum atomic E-state index is 12.2. The predicted octanol–water partition coefficient (Wildman–Crippen LogP) is 1.34. The average Bonchev–Trinajstić information content (AvgIpc) is 3.28. The lowest BCUT2D eigenvalue weighted by Crippen LogP contribution is -2.50. The van der Waals surface area contributed by atoms with Crippen LogP contribution in [0.3, 0.4) is 0 Å². The number of furan rings is 1. The van der Waals surface area contributed by atoms with Crippen LogP contribution >= 0.6 is 0 Å². The molecule has 6 nitrogen and oxygen atoms in total. The van der Waals surface area contributed by atoms with Gasteiger partial charge >= 0.3 is 0 Å². The van der Waals surface area contributed by atoms with Gasteiger partial charge in [-0.1, -0.05) is 12.8 Å². The topological polar surface area (TPSA) is 65.8 Å². The highest BCUT2D eigenvalue weighted by atomic mass is 16.3. The summed E-state index contributed by atoms with van der Waals surface area (Å²) in [6, 6.07) is 3.43. The number of nitrogens with zero attached hydrogens (tertiary/aromatic N) is 2. The van der Waals surface area contributed by atoms with Crippen molar-refractivity contribution in [3.63, 3.8) is 0 Å². The Bertz CT molecular complexity index is 515. The van der Waals surface area contributed by atoms with E-state index in [4.69, 9.17) is 4.42 Å². The molecule has 1 saturated carbocycles. The number of carbonyl (C=O) groups is 2. The number of hydrogen-bond acceptors (Lipinski definition) is 4. The molecular formula is C17H25N3O3. The van der Waals surface area contributed by atoms with E-state index in [1.807, 2.05) is 4.90 Å². The minimum Gasteiger partial charge on any atom is -0.459 e. The van der Waals surface area contributed by atoms with Crippen LogP contribution in [0, 0.1) is 5.92 Å². The van der Waals surface area contributed by atoms with E-state index in [-0.39, 0.29) is 17.7 Å². The second kappa shape index (κ2) is 7.64. The lowest BCUT2D eigenvalue weighted by molar-refractivity contribution is -0.124. The highest BCUT2D eigenvalue weighted by Gasteiger charge is 2.24. The summed E-state index contributed by atoms with van der Waals surface area (Å²) >= 11 is 0. The van der Waals surface area contributed by atoms with Crippen LogP contribution in [0.1, 0.15) is 36.2 Å². The minimum absolute atomic E-state index is 0.0378. The molecule has 126 valence electrons. The monoisotopic (exact) mass is 319 g/mol. The minimum atomic E-state index is -0.0378. The molecule has 6 heteroatoms. The average molecular weight is 319 g/mol. The molecule has 0 spiro atoms. The molecule has 23 heavy (non-hydrogen) atoms. The molecular weight excluding hydrogens is 294 g/mol. The van der Waals surface area contributed by atoms with Crippen molar-refractivity contribution in [1.82, 2.24) is 15.1 Å². The maximum Gasteiger partial charge on any atom is 0.289 e. The Kier molecular flexibility index (Phi) is 5.33. The van der Waals surface area contributed by atoms with Gasteiger partial charge in [-0.2, -0.15) is 0 Å². The van der Waals surface area contributed by atoms with Crippen LogP contribution in [-0.4, -0.2) is 60.9 Å². The van der Waals surface area contributed by atoms with Gasteiger partial charge in [0.1, 0.15) is 0 Å². The largest absolute Gasteiger partial charge is 0.459 e. The molecule has 2 fully saturated rings. The van der Waals surface area contributed by atoms with E-state index in [1.54, 1.807) is 12.1 Å². The molecule has 1 aromatic rings. The third kappa shape index (κ3) is 4.13. The molecule has 1 saturated heterocycles. The number of carbonyl (C=O) groups excluding carboxylic acids is 2. The number of amides is 2. The first kappa shape index (κ1) is 16.1. The molecule has 0 aromatic carbocycles. The Morgan fingerprint density at radius 3 is 2.57 bits per heavy atom. The summed E-state index contributed by atoms with van der Waals surface area (Å²) in [6.07, 6.45) is 5.97. The van der Waals surface area contributed by atoms with Crippen molar-refractivity contribution in [2.75, 3.05) is 39.3 Å². The van der Waals surface area contributed by atoms with Crippen LogP contribution in [0.25, 0.3) is 0 Å². The van der Waals surface area contributed by atoms with Crippen molar-refractivity contribution in [2.24, 2.45) is 5.92 Å². The van der Waals surface area contributed by atoms with Crippen molar-refractivity contribution in [3.8, 4) is 0 Å². The first-order valence-corrected chi connectivity index (χ1v) is 8.57. The second-order valence-corrected chi connectivity index (χ2v) is 6.38. The Hall–Kier alpha value is -1.82. The van der Waals surface area contributed by atoms with E-state index in [9.17, 15) is 9.59 Å². The Morgan fingerprint density at radius 2 is 1.91 bits per heavy atom. The van der Waals surface area contributed by atoms with E-state index >= 15 is 0 Å². The van der Waals surface area contributed by atoms with E-state index in [2.05, 4.69) is 10.2 Å². The molecule has 2 amide bonds. The molecule has 1 N–H and O–H groups in total. The van der Waals surface area contributed by atoms with Gasteiger partial charge in [-0.25, -0.2) is 0 Å². The fourth-order valence-electron chi connectivity index (χ4n) is 3.40. The zero-order valence-corrected chi connectivity index (χ0v) is 13.5. The molecule has 0 atom stereocenters. The van der Waals surface area contributed by atoms with Crippen LogP contribution in [0.15, 0.2) is 22.8 Å². The predicted molar refractivity (Wildman–Crippen MR) is 86.0 cm³/mol. The van der Waals surface area contributed by atoms with Crippen LogP contribution in [0.2, 0.25) is 0 Å². The first-order valence-electron chi connectivity index (χ1n) is 8.57. The zero-order valence-electron chi connectivity index (χ0n) is 13.5. The molecule has 2 heterocycles. The van der Waals surface area contributed by atoms with Crippen molar-refractivity contribution in [2.45, 2.75) is 25.7 Å². The summed E-state index contributed by atoms with van der Waals surface area (Å²) in [6.45, 7) is 4.63. The first-order chi connectivity index (χ1) is 11.2. The number of rotatable bonds is 5. The molecule has 3 rings (SSSR count). The lowest BCUT2D eigenvalue weighted by atomic mass is 10.1. The van der Waals surface area contributed by atoms with E-state index in [1.165, 1.54) is 19.1 Å². The number of hydrogen-bond donors (Lipinski definition) is 1. The molecule has 1 aliphatic heterocycles. The lowest BCUT2D eigenvalue weighted by Gasteiger charge is -2.34. The fourth-order valence-corrected chi connectivity index (χ4v) is 3.40. The van der Waals surface area contributed by atoms with Gasteiger partial charge in [0.25, 0.3) is 5.91 Å². The van der Waals surface area contributed by atoms with Gasteiger partial charge in [0.05, 0.1) is 6.26 Å². The standard InChI is InChI=1S/C17H25N3O3/c21-16(14-4-1-2-5-14)18-7-8-19-9-11-20(12-10-19)17(22)15-6-3-13-23-15/h3,6,13-14H,1-2,4-5,7-12H2,(H,18,21). The van der Waals surface area contributed by atoms with Crippen molar-refractivity contribution >= 4 is 11.8 Å². The van der Waals surface area contributed by atoms with Crippen LogP contribution in [0.5, 0.6) is 0 Å².